The second-order valence-corrected chi connectivity index (χ2v) is 6.55. The molecule has 0 aliphatic heterocycles. The molecule has 0 amide bonds. The third kappa shape index (κ3) is 3.83. The van der Waals surface area contributed by atoms with Gasteiger partial charge in [0.1, 0.15) is 0 Å². The quantitative estimate of drug-likeness (QED) is 0.860. The van der Waals surface area contributed by atoms with Crippen molar-refractivity contribution in [3.05, 3.63) is 34.3 Å². The van der Waals surface area contributed by atoms with Gasteiger partial charge in [0.15, 0.2) is 0 Å². The topological polar surface area (TPSA) is 29.9 Å². The number of nitrogens with one attached hydrogen (secondary N) is 1. The molecule has 0 bridgehead atoms. The molecule has 1 N–H and O–H groups in total. The van der Waals surface area contributed by atoms with Gasteiger partial charge in [-0.1, -0.05) is 19.9 Å². The van der Waals surface area contributed by atoms with E-state index in [4.69, 9.17) is 0 Å². The maximum atomic E-state index is 4.59. The zero-order valence-corrected chi connectivity index (χ0v) is 13.0. The predicted molar refractivity (Wildman–Crippen MR) is 83.0 cm³/mol. The molecule has 3 nitrogen and oxygen atoms in total. The molecule has 0 radical (unpaired) electrons. The zero-order chi connectivity index (χ0) is 13.8. The number of rotatable bonds is 6. The van der Waals surface area contributed by atoms with Crippen LogP contribution in [0.4, 0.5) is 5.95 Å². The van der Waals surface area contributed by atoms with E-state index in [1.54, 1.807) is 0 Å². The van der Waals surface area contributed by atoms with Gasteiger partial charge in [0.25, 0.3) is 0 Å². The van der Waals surface area contributed by atoms with E-state index in [2.05, 4.69) is 66.3 Å². The first-order valence-electron chi connectivity index (χ1n) is 6.88. The van der Waals surface area contributed by atoms with Crippen LogP contribution in [0.25, 0.3) is 0 Å². The van der Waals surface area contributed by atoms with E-state index >= 15 is 0 Å². The minimum absolute atomic E-state index is 0.425. The van der Waals surface area contributed by atoms with Gasteiger partial charge in [-0.25, -0.2) is 4.98 Å². The van der Waals surface area contributed by atoms with Gasteiger partial charge in [0, 0.05) is 30.1 Å². The van der Waals surface area contributed by atoms with Crippen LogP contribution in [0.1, 0.15) is 37.4 Å². The lowest BCUT2D eigenvalue weighted by Crippen LogP contribution is -2.15. The largest absolute Gasteiger partial charge is 0.355 e. The molecule has 0 saturated carbocycles. The number of anilines is 1. The lowest BCUT2D eigenvalue weighted by molar-refractivity contribution is 0.549. The first-order valence-corrected chi connectivity index (χ1v) is 7.76. The van der Waals surface area contributed by atoms with Crippen molar-refractivity contribution >= 4 is 17.3 Å². The summed E-state index contributed by atoms with van der Waals surface area (Å²) in [5.41, 5.74) is 1.07. The van der Waals surface area contributed by atoms with Crippen LogP contribution < -0.4 is 5.32 Å². The van der Waals surface area contributed by atoms with E-state index in [0.29, 0.717) is 12.0 Å². The maximum Gasteiger partial charge on any atom is 0.203 e. The second-order valence-electron chi connectivity index (χ2n) is 5.52. The summed E-state index contributed by atoms with van der Waals surface area (Å²) >= 11 is 1.82. The monoisotopic (exact) mass is 277 g/mol. The molecule has 1 atom stereocenters. The van der Waals surface area contributed by atoms with E-state index in [-0.39, 0.29) is 0 Å². The highest BCUT2D eigenvalue weighted by atomic mass is 32.1. The Kier molecular flexibility index (Phi) is 4.64. The van der Waals surface area contributed by atoms with Crippen LogP contribution in [0.5, 0.6) is 0 Å². The number of hydrogen-bond donors (Lipinski definition) is 1. The fourth-order valence-electron chi connectivity index (χ4n) is 2.10. The Balaban J connectivity index is 2.09. The Bertz CT molecular complexity index is 499. The minimum atomic E-state index is 0.425. The van der Waals surface area contributed by atoms with E-state index in [1.165, 1.54) is 4.88 Å². The summed E-state index contributed by atoms with van der Waals surface area (Å²) in [6.45, 7) is 9.68. The van der Waals surface area contributed by atoms with E-state index in [1.807, 2.05) is 11.3 Å². The highest BCUT2D eigenvalue weighted by Gasteiger charge is 2.13. The fraction of sp³-hybridized carbons (Fsp3) is 0.533. The second kappa shape index (κ2) is 6.24. The molecule has 0 aliphatic rings. The molecule has 104 valence electrons. The average Bonchev–Trinajstić information content (AvgIpc) is 2.95. The van der Waals surface area contributed by atoms with Crippen molar-refractivity contribution in [3.8, 4) is 0 Å². The normalized spacial score (nSPS) is 12.9. The van der Waals surface area contributed by atoms with Crippen LogP contribution in [0, 0.1) is 12.8 Å². The van der Waals surface area contributed by atoms with Crippen LogP contribution in [-0.2, 0) is 6.42 Å². The van der Waals surface area contributed by atoms with Crippen molar-refractivity contribution in [2.24, 2.45) is 5.92 Å². The van der Waals surface area contributed by atoms with Crippen molar-refractivity contribution < 1.29 is 0 Å². The Morgan fingerprint density at radius 1 is 1.37 bits per heavy atom. The van der Waals surface area contributed by atoms with Crippen LogP contribution in [0.3, 0.4) is 0 Å². The smallest absolute Gasteiger partial charge is 0.203 e. The predicted octanol–water partition coefficient (Wildman–Crippen LogP) is 4.12. The highest BCUT2D eigenvalue weighted by Crippen LogP contribution is 2.22. The van der Waals surface area contributed by atoms with Crippen molar-refractivity contribution in [2.45, 2.75) is 40.2 Å². The van der Waals surface area contributed by atoms with Gasteiger partial charge in [-0.05, 0) is 31.2 Å². The fourth-order valence-corrected chi connectivity index (χ4v) is 2.92. The summed E-state index contributed by atoms with van der Waals surface area (Å²) in [6, 6.07) is 4.74. The zero-order valence-electron chi connectivity index (χ0n) is 12.2. The van der Waals surface area contributed by atoms with Crippen molar-refractivity contribution in [1.82, 2.24) is 9.55 Å². The van der Waals surface area contributed by atoms with Gasteiger partial charge < -0.3 is 9.88 Å². The summed E-state index contributed by atoms with van der Waals surface area (Å²) < 4.78 is 2.26. The third-order valence-corrected chi connectivity index (χ3v) is 3.97. The molecule has 4 heteroatoms. The number of aryl methyl sites for hydroxylation is 1. The molecule has 0 aliphatic carbocycles. The molecule has 0 spiro atoms. The lowest BCUT2D eigenvalue weighted by Gasteiger charge is -2.17. The molecule has 2 aromatic heterocycles. The van der Waals surface area contributed by atoms with Gasteiger partial charge in [0.2, 0.25) is 5.95 Å². The van der Waals surface area contributed by atoms with Gasteiger partial charge in [-0.2, -0.15) is 0 Å². The van der Waals surface area contributed by atoms with Crippen molar-refractivity contribution in [3.63, 3.8) is 0 Å². The molecular formula is C15H23N3S. The Morgan fingerprint density at radius 2 is 2.16 bits per heavy atom. The van der Waals surface area contributed by atoms with E-state index < -0.39 is 0 Å². The summed E-state index contributed by atoms with van der Waals surface area (Å²) in [7, 11) is 0. The van der Waals surface area contributed by atoms with Crippen LogP contribution in [-0.4, -0.2) is 16.1 Å². The molecule has 19 heavy (non-hydrogen) atoms. The van der Waals surface area contributed by atoms with E-state index in [0.717, 1.165) is 24.6 Å². The third-order valence-electron chi connectivity index (χ3n) is 3.07. The standard InChI is InChI=1S/C15H23N3S/c1-11(2)9-16-15-17-12(3)10-18(15)13(4)8-14-6-5-7-19-14/h5-7,10-11,13H,8-9H2,1-4H3,(H,16,17). The summed E-state index contributed by atoms with van der Waals surface area (Å²) in [5.74, 6) is 1.62. The molecule has 0 aromatic carbocycles. The lowest BCUT2D eigenvalue weighted by atomic mass is 10.2. The first-order chi connectivity index (χ1) is 9.06. The molecule has 1 unspecified atom stereocenters. The Labute approximate surface area is 119 Å². The maximum absolute atomic E-state index is 4.59. The molecular weight excluding hydrogens is 254 g/mol. The average molecular weight is 277 g/mol. The van der Waals surface area contributed by atoms with Crippen molar-refractivity contribution in [2.75, 3.05) is 11.9 Å². The van der Waals surface area contributed by atoms with Gasteiger partial charge in [-0.3, -0.25) is 0 Å². The van der Waals surface area contributed by atoms with Gasteiger partial charge in [-0.15, -0.1) is 11.3 Å². The number of imidazole rings is 1. The Morgan fingerprint density at radius 3 is 2.79 bits per heavy atom. The van der Waals surface area contributed by atoms with Crippen LogP contribution >= 0.6 is 11.3 Å². The first kappa shape index (κ1) is 14.1. The van der Waals surface area contributed by atoms with E-state index in [9.17, 15) is 0 Å². The molecule has 2 rings (SSSR count). The molecule has 2 heterocycles. The SMILES string of the molecule is Cc1cn(C(C)Cc2cccs2)c(NCC(C)C)n1. The van der Waals surface area contributed by atoms with Crippen molar-refractivity contribution in [1.29, 1.82) is 0 Å². The summed E-state index contributed by atoms with van der Waals surface area (Å²) in [5, 5.41) is 5.59. The summed E-state index contributed by atoms with van der Waals surface area (Å²) in [6.07, 6.45) is 3.20. The number of thiophene rings is 1. The van der Waals surface area contributed by atoms with Gasteiger partial charge >= 0.3 is 0 Å². The Hall–Kier alpha value is -1.29. The van der Waals surface area contributed by atoms with Gasteiger partial charge in [0.05, 0.1) is 5.69 Å². The van der Waals surface area contributed by atoms with Crippen LogP contribution in [0.2, 0.25) is 0 Å². The molecule has 0 fully saturated rings. The summed E-state index contributed by atoms with van der Waals surface area (Å²) in [4.78, 5) is 6.01. The highest BCUT2D eigenvalue weighted by molar-refractivity contribution is 7.09. The molecule has 2 aromatic rings. The number of aromatic nitrogens is 2. The number of hydrogen-bond acceptors (Lipinski definition) is 3. The number of nitrogens with zero attached hydrogens (tertiary/aromatic N) is 2. The van der Waals surface area contributed by atoms with Crippen LogP contribution in [0.15, 0.2) is 23.7 Å². The minimum Gasteiger partial charge on any atom is -0.355 e. The molecule has 0 saturated heterocycles.